The Kier molecular flexibility index (Phi) is 4.25. The lowest BCUT2D eigenvalue weighted by atomic mass is 10.0. The van der Waals surface area contributed by atoms with Gasteiger partial charge in [0, 0.05) is 41.3 Å². The summed E-state index contributed by atoms with van der Waals surface area (Å²) in [5, 5.41) is 15.0. The largest absolute Gasteiger partial charge is 0.481 e. The van der Waals surface area contributed by atoms with E-state index in [1.54, 1.807) is 13.2 Å². The third-order valence-electron chi connectivity index (χ3n) is 3.73. The molecule has 0 bridgehead atoms. The maximum absolute atomic E-state index is 9.55. The van der Waals surface area contributed by atoms with Crippen LogP contribution in [0.4, 0.5) is 0 Å². The van der Waals surface area contributed by atoms with Gasteiger partial charge in [-0.25, -0.2) is 4.98 Å². The van der Waals surface area contributed by atoms with Crippen LogP contribution in [0.15, 0.2) is 52.8 Å². The first kappa shape index (κ1) is 15.4. The Hall–Kier alpha value is -2.47. The molecule has 2 heterocycles. The van der Waals surface area contributed by atoms with Crippen LogP contribution in [0.25, 0.3) is 10.9 Å². The lowest BCUT2D eigenvalue weighted by Gasteiger charge is -2.09. The molecule has 1 N–H and O–H groups in total. The lowest BCUT2D eigenvalue weighted by Crippen LogP contribution is -2.05. The number of nitrogens with zero attached hydrogens (tertiary/aromatic N) is 3. The summed E-state index contributed by atoms with van der Waals surface area (Å²) >= 11 is 1.51. The molecule has 0 aliphatic carbocycles. The standard InChI is InChI=1S/C17H17N3O2S/c1-20-7-6-11-8-12(4-5-14(11)20)17(19-21)13-9-15(22-2)18-16(10-13)23-3/h4-10,21H,1-3H3/b19-17-. The highest BCUT2D eigenvalue weighted by Crippen LogP contribution is 2.24. The summed E-state index contributed by atoms with van der Waals surface area (Å²) in [6.45, 7) is 0. The van der Waals surface area contributed by atoms with Crippen molar-refractivity contribution >= 4 is 28.4 Å². The van der Waals surface area contributed by atoms with Crippen molar-refractivity contribution in [3.05, 3.63) is 53.7 Å². The minimum Gasteiger partial charge on any atom is -0.481 e. The first-order valence-corrected chi connectivity index (χ1v) is 8.26. The predicted octanol–water partition coefficient (Wildman–Crippen LogP) is 3.53. The van der Waals surface area contributed by atoms with E-state index in [1.807, 2.05) is 49.8 Å². The molecule has 3 aromatic rings. The first-order chi connectivity index (χ1) is 11.2. The van der Waals surface area contributed by atoms with E-state index in [2.05, 4.69) is 14.7 Å². The third-order valence-corrected chi connectivity index (χ3v) is 4.36. The Labute approximate surface area is 138 Å². The second-order valence-electron chi connectivity index (χ2n) is 5.09. The molecule has 0 saturated heterocycles. The van der Waals surface area contributed by atoms with Crippen LogP contribution in [0.5, 0.6) is 5.88 Å². The smallest absolute Gasteiger partial charge is 0.214 e. The van der Waals surface area contributed by atoms with Crippen LogP contribution in [0.1, 0.15) is 11.1 Å². The molecule has 0 spiro atoms. The topological polar surface area (TPSA) is 59.6 Å². The minimum absolute atomic E-state index is 0.492. The molecule has 5 nitrogen and oxygen atoms in total. The highest BCUT2D eigenvalue weighted by atomic mass is 32.2. The molecule has 0 fully saturated rings. The van der Waals surface area contributed by atoms with Crippen LogP contribution >= 0.6 is 11.8 Å². The van der Waals surface area contributed by atoms with E-state index < -0.39 is 0 Å². The zero-order valence-corrected chi connectivity index (χ0v) is 14.0. The molecule has 0 saturated carbocycles. The van der Waals surface area contributed by atoms with E-state index in [1.165, 1.54) is 11.8 Å². The van der Waals surface area contributed by atoms with E-state index in [0.29, 0.717) is 11.6 Å². The normalized spacial score (nSPS) is 11.9. The van der Waals surface area contributed by atoms with Gasteiger partial charge in [0.15, 0.2) is 0 Å². The summed E-state index contributed by atoms with van der Waals surface area (Å²) in [7, 11) is 3.57. The molecule has 0 amide bonds. The number of aryl methyl sites for hydroxylation is 1. The van der Waals surface area contributed by atoms with Gasteiger partial charge in [-0.3, -0.25) is 0 Å². The molecule has 0 aliphatic heterocycles. The molecule has 3 rings (SSSR count). The van der Waals surface area contributed by atoms with Gasteiger partial charge in [-0.2, -0.15) is 0 Å². The summed E-state index contributed by atoms with van der Waals surface area (Å²) in [5.41, 5.74) is 3.22. The number of ether oxygens (including phenoxy) is 1. The molecule has 23 heavy (non-hydrogen) atoms. The van der Waals surface area contributed by atoms with E-state index >= 15 is 0 Å². The highest BCUT2D eigenvalue weighted by molar-refractivity contribution is 7.98. The Morgan fingerprint density at radius 3 is 2.74 bits per heavy atom. The van der Waals surface area contributed by atoms with Crippen molar-refractivity contribution < 1.29 is 9.94 Å². The van der Waals surface area contributed by atoms with Crippen molar-refractivity contribution in [1.29, 1.82) is 0 Å². The average Bonchev–Trinajstić information content (AvgIpc) is 2.96. The fourth-order valence-electron chi connectivity index (χ4n) is 2.54. The zero-order chi connectivity index (χ0) is 16.4. The van der Waals surface area contributed by atoms with Crippen molar-refractivity contribution in [3.8, 4) is 5.88 Å². The Balaban J connectivity index is 2.11. The number of fused-ring (bicyclic) bond motifs is 1. The minimum atomic E-state index is 0.492. The van der Waals surface area contributed by atoms with Crippen LogP contribution in [0, 0.1) is 0 Å². The molecule has 0 atom stereocenters. The maximum atomic E-state index is 9.55. The molecule has 0 aliphatic rings. The number of rotatable bonds is 4. The van der Waals surface area contributed by atoms with Gasteiger partial charge in [-0.15, -0.1) is 11.8 Å². The van der Waals surface area contributed by atoms with Gasteiger partial charge in [-0.05, 0) is 30.5 Å². The van der Waals surface area contributed by atoms with E-state index in [4.69, 9.17) is 4.74 Å². The molecule has 6 heteroatoms. The van der Waals surface area contributed by atoms with Crippen LogP contribution in [-0.2, 0) is 7.05 Å². The summed E-state index contributed by atoms with van der Waals surface area (Å²) in [5.74, 6) is 0.494. The molecule has 2 aromatic heterocycles. The third kappa shape index (κ3) is 2.90. The molecular weight excluding hydrogens is 310 g/mol. The Morgan fingerprint density at radius 2 is 2.04 bits per heavy atom. The number of oxime groups is 1. The Bertz CT molecular complexity index is 864. The van der Waals surface area contributed by atoms with Crippen LogP contribution in [0.3, 0.4) is 0 Å². The summed E-state index contributed by atoms with van der Waals surface area (Å²) in [6.07, 6.45) is 3.95. The average molecular weight is 327 g/mol. The van der Waals surface area contributed by atoms with Gasteiger partial charge in [-0.1, -0.05) is 11.2 Å². The van der Waals surface area contributed by atoms with Gasteiger partial charge < -0.3 is 14.5 Å². The number of hydrogen-bond acceptors (Lipinski definition) is 5. The van der Waals surface area contributed by atoms with Crippen molar-refractivity contribution in [1.82, 2.24) is 9.55 Å². The van der Waals surface area contributed by atoms with Gasteiger partial charge in [0.1, 0.15) is 10.7 Å². The molecular formula is C17H17N3O2S. The van der Waals surface area contributed by atoms with E-state index in [-0.39, 0.29) is 0 Å². The van der Waals surface area contributed by atoms with Crippen molar-refractivity contribution in [3.63, 3.8) is 0 Å². The van der Waals surface area contributed by atoms with Crippen LogP contribution in [0.2, 0.25) is 0 Å². The van der Waals surface area contributed by atoms with Crippen molar-refractivity contribution in [2.45, 2.75) is 5.03 Å². The number of benzene rings is 1. The molecule has 118 valence electrons. The first-order valence-electron chi connectivity index (χ1n) is 7.04. The van der Waals surface area contributed by atoms with Gasteiger partial charge in [0.05, 0.1) is 7.11 Å². The predicted molar refractivity (Wildman–Crippen MR) is 92.9 cm³/mol. The summed E-state index contributed by atoms with van der Waals surface area (Å²) in [6, 6.07) is 11.7. The summed E-state index contributed by atoms with van der Waals surface area (Å²) in [4.78, 5) is 4.33. The van der Waals surface area contributed by atoms with Crippen LogP contribution in [-0.4, -0.2) is 33.8 Å². The van der Waals surface area contributed by atoms with Gasteiger partial charge in [0.25, 0.3) is 0 Å². The fourth-order valence-corrected chi connectivity index (χ4v) is 2.96. The highest BCUT2D eigenvalue weighted by Gasteiger charge is 2.13. The SMILES string of the molecule is COc1cc(/C(=N\O)c2ccc3c(ccn3C)c2)cc(SC)n1. The Morgan fingerprint density at radius 1 is 1.22 bits per heavy atom. The molecule has 1 aromatic carbocycles. The quantitative estimate of drug-likeness (QED) is 0.345. The maximum Gasteiger partial charge on any atom is 0.214 e. The monoisotopic (exact) mass is 327 g/mol. The number of pyridine rings is 1. The van der Waals surface area contributed by atoms with Gasteiger partial charge >= 0.3 is 0 Å². The second kappa shape index (κ2) is 6.34. The molecule has 0 radical (unpaired) electrons. The van der Waals surface area contributed by atoms with E-state index in [9.17, 15) is 5.21 Å². The number of hydrogen-bond donors (Lipinski definition) is 1. The lowest BCUT2D eigenvalue weighted by molar-refractivity contribution is 0.319. The zero-order valence-electron chi connectivity index (χ0n) is 13.1. The fraction of sp³-hybridized carbons (Fsp3) is 0.176. The number of thioether (sulfide) groups is 1. The molecule has 0 unspecified atom stereocenters. The van der Waals surface area contributed by atoms with Crippen molar-refractivity contribution in [2.24, 2.45) is 12.2 Å². The number of aromatic nitrogens is 2. The summed E-state index contributed by atoms with van der Waals surface area (Å²) < 4.78 is 7.29. The van der Waals surface area contributed by atoms with E-state index in [0.717, 1.165) is 27.1 Å². The van der Waals surface area contributed by atoms with Crippen molar-refractivity contribution in [2.75, 3.05) is 13.4 Å². The second-order valence-corrected chi connectivity index (χ2v) is 5.92. The van der Waals surface area contributed by atoms with Gasteiger partial charge in [0.2, 0.25) is 5.88 Å². The number of methoxy groups -OCH3 is 1. The van der Waals surface area contributed by atoms with Crippen LogP contribution < -0.4 is 4.74 Å².